The molecule has 1 saturated heterocycles. The number of nitrogens with two attached hydrogens (primary N) is 1. The fraction of sp³-hybridized carbons (Fsp3) is 0.895. The van der Waals surface area contributed by atoms with Crippen LogP contribution in [0.2, 0.25) is 0 Å². The van der Waals surface area contributed by atoms with Crippen molar-refractivity contribution in [2.24, 2.45) is 28.9 Å². The van der Waals surface area contributed by atoms with E-state index in [1.54, 1.807) is 4.90 Å². The highest BCUT2D eigenvalue weighted by Gasteiger charge is 2.58. The van der Waals surface area contributed by atoms with Crippen LogP contribution in [0.1, 0.15) is 58.3 Å². The third-order valence-corrected chi connectivity index (χ3v) is 7.32. The minimum atomic E-state index is -0.570. The number of nitrogens with zero attached hydrogens (tertiary/aromatic N) is 2. The van der Waals surface area contributed by atoms with Gasteiger partial charge in [0.05, 0.1) is 18.2 Å². The molecule has 3 aliphatic carbocycles. The van der Waals surface area contributed by atoms with E-state index in [9.17, 15) is 15.2 Å². The molecule has 8 atom stereocenters. The molecule has 4 fully saturated rings. The highest BCUT2D eigenvalue weighted by atomic mass is 16.3. The monoisotopic (exact) mass is 331 g/mol. The van der Waals surface area contributed by atoms with Gasteiger partial charge in [0, 0.05) is 6.04 Å². The Morgan fingerprint density at radius 1 is 1.33 bits per heavy atom. The van der Waals surface area contributed by atoms with Gasteiger partial charge < -0.3 is 15.7 Å². The maximum atomic E-state index is 13.2. The van der Waals surface area contributed by atoms with Gasteiger partial charge in [0.15, 0.2) is 0 Å². The number of hydrogen-bond acceptors (Lipinski definition) is 4. The molecule has 1 heterocycles. The fourth-order valence-electron chi connectivity index (χ4n) is 6.16. The first-order valence-corrected chi connectivity index (χ1v) is 9.63. The van der Waals surface area contributed by atoms with Gasteiger partial charge in [0.2, 0.25) is 5.91 Å². The number of piperidine rings is 1. The Kier molecular flexibility index (Phi) is 3.89. The summed E-state index contributed by atoms with van der Waals surface area (Å²) in [6.07, 6.45) is 7.20. The van der Waals surface area contributed by atoms with Crippen molar-refractivity contribution in [3.05, 3.63) is 0 Å². The van der Waals surface area contributed by atoms with Crippen molar-refractivity contribution in [3.8, 4) is 6.07 Å². The van der Waals surface area contributed by atoms with Crippen LogP contribution in [0.5, 0.6) is 0 Å². The van der Waals surface area contributed by atoms with Gasteiger partial charge in [-0.25, -0.2) is 0 Å². The second-order valence-electron chi connectivity index (χ2n) is 8.91. The summed E-state index contributed by atoms with van der Waals surface area (Å²) in [5, 5.41) is 19.7. The molecule has 5 heteroatoms. The van der Waals surface area contributed by atoms with Crippen molar-refractivity contribution in [2.45, 2.75) is 82.5 Å². The molecule has 1 aliphatic heterocycles. The van der Waals surface area contributed by atoms with Gasteiger partial charge in [-0.15, -0.1) is 0 Å². The molecule has 132 valence electrons. The molecule has 24 heavy (non-hydrogen) atoms. The Balaban J connectivity index is 1.58. The number of carbonyl (C=O) groups excluding carboxylic acids is 1. The van der Waals surface area contributed by atoms with Crippen LogP contribution < -0.4 is 5.73 Å². The average Bonchev–Trinajstić information content (AvgIpc) is 3.22. The summed E-state index contributed by atoms with van der Waals surface area (Å²) in [6.45, 7) is 2.21. The molecule has 0 aromatic carbocycles. The number of aliphatic hydroxyl groups is 1. The summed E-state index contributed by atoms with van der Waals surface area (Å²) in [7, 11) is 0. The molecule has 0 radical (unpaired) electrons. The quantitative estimate of drug-likeness (QED) is 0.825. The number of hydrogen-bond donors (Lipinski definition) is 2. The van der Waals surface area contributed by atoms with E-state index in [0.717, 1.165) is 44.9 Å². The molecular formula is C19H29N3O2. The normalized spacial score (nSPS) is 47.7. The first-order valence-electron chi connectivity index (χ1n) is 9.63. The van der Waals surface area contributed by atoms with E-state index < -0.39 is 6.04 Å². The minimum Gasteiger partial charge on any atom is -0.393 e. The molecule has 4 unspecified atom stereocenters. The first kappa shape index (κ1) is 16.4. The Morgan fingerprint density at radius 2 is 2.12 bits per heavy atom. The average molecular weight is 331 g/mol. The number of likely N-dealkylation sites (tertiary alicyclic amines) is 1. The molecule has 0 spiro atoms. The summed E-state index contributed by atoms with van der Waals surface area (Å²) in [6, 6.07) is 1.68. The van der Waals surface area contributed by atoms with E-state index in [1.807, 2.05) is 0 Å². The Bertz CT molecular complexity index is 569. The maximum absolute atomic E-state index is 13.2. The zero-order valence-electron chi connectivity index (χ0n) is 14.5. The lowest BCUT2D eigenvalue weighted by molar-refractivity contribution is -0.142. The molecule has 5 nitrogen and oxygen atoms in total. The number of rotatable bonds is 3. The van der Waals surface area contributed by atoms with Crippen LogP contribution >= 0.6 is 0 Å². The van der Waals surface area contributed by atoms with E-state index in [-0.39, 0.29) is 29.5 Å². The van der Waals surface area contributed by atoms with Crippen LogP contribution in [-0.4, -0.2) is 40.1 Å². The van der Waals surface area contributed by atoms with Crippen LogP contribution in [0, 0.1) is 34.5 Å². The van der Waals surface area contributed by atoms with Crippen molar-refractivity contribution in [3.63, 3.8) is 0 Å². The molecule has 1 amide bonds. The largest absolute Gasteiger partial charge is 0.393 e. The summed E-state index contributed by atoms with van der Waals surface area (Å²) in [5.41, 5.74) is 6.31. The number of amides is 1. The van der Waals surface area contributed by atoms with E-state index in [4.69, 9.17) is 5.73 Å². The standard InChI is InChI=1S/C19H29N3O2/c1-2-11-3-12-4-15(23)9-19(7-11,8-12)17(21)18(24)22-14(10-20)5-13-6-16(13)22/h11-17,23H,2-9,21H2,1H3/t11?,12?,13-,14+,15?,16+,17-,19?/m1/s1. The topological polar surface area (TPSA) is 90.3 Å². The lowest BCUT2D eigenvalue weighted by Gasteiger charge is -2.52. The lowest BCUT2D eigenvalue weighted by Crippen LogP contribution is -2.59. The van der Waals surface area contributed by atoms with Crippen LogP contribution in [0.4, 0.5) is 0 Å². The molecular weight excluding hydrogens is 302 g/mol. The predicted octanol–water partition coefficient (Wildman–Crippen LogP) is 1.79. The van der Waals surface area contributed by atoms with Gasteiger partial charge in [-0.1, -0.05) is 13.3 Å². The minimum absolute atomic E-state index is 0.0313. The lowest BCUT2D eigenvalue weighted by atomic mass is 9.55. The molecule has 4 aliphatic rings. The fourth-order valence-corrected chi connectivity index (χ4v) is 6.16. The SMILES string of the molecule is CCC1CC2CC(O)CC([C@H](N)C(=O)N3[C@H](C#N)C[C@@H]4C[C@@H]43)(C1)C2. The number of carbonyl (C=O) groups is 1. The molecule has 0 aromatic heterocycles. The number of fused-ring (bicyclic) bond motifs is 3. The highest BCUT2D eigenvalue weighted by molar-refractivity contribution is 5.84. The van der Waals surface area contributed by atoms with Crippen LogP contribution in [0.3, 0.4) is 0 Å². The van der Waals surface area contributed by atoms with Gasteiger partial charge in [0.25, 0.3) is 0 Å². The van der Waals surface area contributed by atoms with Gasteiger partial charge in [0.1, 0.15) is 6.04 Å². The van der Waals surface area contributed by atoms with Crippen molar-refractivity contribution in [2.75, 3.05) is 0 Å². The molecule has 2 bridgehead atoms. The maximum Gasteiger partial charge on any atom is 0.241 e. The van der Waals surface area contributed by atoms with Crippen molar-refractivity contribution < 1.29 is 9.90 Å². The third kappa shape index (κ3) is 2.46. The van der Waals surface area contributed by atoms with E-state index in [0.29, 0.717) is 24.2 Å². The molecule has 3 saturated carbocycles. The van der Waals surface area contributed by atoms with Gasteiger partial charge in [-0.2, -0.15) is 5.26 Å². The first-order chi connectivity index (χ1) is 11.5. The van der Waals surface area contributed by atoms with Crippen molar-refractivity contribution >= 4 is 5.91 Å². The van der Waals surface area contributed by atoms with Gasteiger partial charge in [-0.05, 0) is 68.1 Å². The second-order valence-corrected chi connectivity index (χ2v) is 8.91. The Labute approximate surface area is 144 Å². The summed E-state index contributed by atoms with van der Waals surface area (Å²) in [4.78, 5) is 15.0. The molecule has 3 N–H and O–H groups in total. The van der Waals surface area contributed by atoms with E-state index in [1.165, 1.54) is 0 Å². The zero-order valence-corrected chi connectivity index (χ0v) is 14.5. The Hall–Kier alpha value is -1.12. The number of aliphatic hydroxyl groups excluding tert-OH is 1. The van der Waals surface area contributed by atoms with Crippen molar-refractivity contribution in [1.29, 1.82) is 5.26 Å². The highest BCUT2D eigenvalue weighted by Crippen LogP contribution is 2.55. The summed E-state index contributed by atoms with van der Waals surface area (Å²) in [5.74, 6) is 1.58. The van der Waals surface area contributed by atoms with Crippen molar-refractivity contribution in [1.82, 2.24) is 4.90 Å². The van der Waals surface area contributed by atoms with Gasteiger partial charge in [-0.3, -0.25) is 4.79 Å². The third-order valence-electron chi connectivity index (χ3n) is 7.32. The molecule has 0 aromatic rings. The smallest absolute Gasteiger partial charge is 0.241 e. The second kappa shape index (κ2) is 5.71. The summed E-state index contributed by atoms with van der Waals surface area (Å²) < 4.78 is 0. The summed E-state index contributed by atoms with van der Waals surface area (Å²) >= 11 is 0. The van der Waals surface area contributed by atoms with Crippen LogP contribution in [0.25, 0.3) is 0 Å². The number of nitriles is 1. The van der Waals surface area contributed by atoms with E-state index in [2.05, 4.69) is 13.0 Å². The van der Waals surface area contributed by atoms with E-state index >= 15 is 0 Å². The molecule has 4 rings (SSSR count). The van der Waals surface area contributed by atoms with Crippen LogP contribution in [0.15, 0.2) is 0 Å². The predicted molar refractivity (Wildman–Crippen MR) is 89.5 cm³/mol. The zero-order chi connectivity index (χ0) is 17.1. The Morgan fingerprint density at radius 3 is 2.83 bits per heavy atom. The van der Waals surface area contributed by atoms with Crippen LogP contribution in [-0.2, 0) is 4.79 Å². The van der Waals surface area contributed by atoms with Gasteiger partial charge >= 0.3 is 0 Å².